The lowest BCUT2D eigenvalue weighted by Crippen LogP contribution is -2.36. The summed E-state index contributed by atoms with van der Waals surface area (Å²) in [6, 6.07) is 18.0. The normalized spacial score (nSPS) is 11.0. The third kappa shape index (κ3) is 6.78. The average molecular weight is 493 g/mol. The van der Waals surface area contributed by atoms with Gasteiger partial charge in [0.1, 0.15) is 5.82 Å². The smallest absolute Gasteiger partial charge is 0.322 e. The van der Waals surface area contributed by atoms with E-state index in [1.54, 1.807) is 31.3 Å². The van der Waals surface area contributed by atoms with Crippen molar-refractivity contribution in [1.29, 1.82) is 0 Å². The molecule has 192 valence electrons. The van der Waals surface area contributed by atoms with E-state index in [0.29, 0.717) is 31.0 Å². The van der Waals surface area contributed by atoms with Crippen LogP contribution in [-0.4, -0.2) is 31.7 Å². The van der Waals surface area contributed by atoms with Gasteiger partial charge in [-0.2, -0.15) is 0 Å². The Morgan fingerprint density at radius 1 is 0.861 bits per heavy atom. The largest absolute Gasteiger partial charge is 0.493 e. The van der Waals surface area contributed by atoms with Gasteiger partial charge in [0.05, 0.1) is 14.2 Å². The van der Waals surface area contributed by atoms with Crippen molar-refractivity contribution >= 4 is 11.7 Å². The van der Waals surface area contributed by atoms with Gasteiger partial charge in [-0.25, -0.2) is 9.18 Å². The van der Waals surface area contributed by atoms with Crippen LogP contribution in [0.5, 0.6) is 11.5 Å². The number of halogens is 1. The first-order valence-electron chi connectivity index (χ1n) is 12.4. The molecule has 5 nitrogen and oxygen atoms in total. The summed E-state index contributed by atoms with van der Waals surface area (Å²) in [6.07, 6.45) is 0.623. The molecule has 6 heteroatoms. The SMILES string of the molecule is COc1ccc(CCN(Cc2ccc(F)cc2)C(=O)Nc2c(C(C)C)cccc2C(C)C)cc1OC. The standard InChI is InChI=1S/C30H37FN2O3/c1-20(2)25-8-7-9-26(21(3)4)29(25)32-30(34)33(19-23-10-13-24(31)14-11-23)17-16-22-12-15-27(35-5)28(18-22)36-6/h7-15,18,20-21H,16-17,19H2,1-6H3,(H,32,34). The van der Waals surface area contributed by atoms with Gasteiger partial charge in [0, 0.05) is 18.8 Å². The van der Waals surface area contributed by atoms with Gasteiger partial charge >= 0.3 is 6.03 Å². The molecule has 0 saturated heterocycles. The summed E-state index contributed by atoms with van der Waals surface area (Å²) in [5, 5.41) is 3.22. The number of hydrogen-bond acceptors (Lipinski definition) is 3. The van der Waals surface area contributed by atoms with Crippen LogP contribution in [0.2, 0.25) is 0 Å². The predicted octanol–water partition coefficient (Wildman–Crippen LogP) is 7.37. The molecule has 0 radical (unpaired) electrons. The van der Waals surface area contributed by atoms with Crippen molar-refractivity contribution in [2.24, 2.45) is 0 Å². The Morgan fingerprint density at radius 2 is 1.44 bits per heavy atom. The van der Waals surface area contributed by atoms with E-state index in [4.69, 9.17) is 9.47 Å². The number of ether oxygens (including phenoxy) is 2. The van der Waals surface area contributed by atoms with Crippen molar-refractivity contribution in [1.82, 2.24) is 4.90 Å². The number of nitrogens with zero attached hydrogens (tertiary/aromatic N) is 1. The monoisotopic (exact) mass is 492 g/mol. The Hall–Kier alpha value is -3.54. The van der Waals surface area contributed by atoms with Crippen molar-refractivity contribution in [2.45, 2.75) is 52.5 Å². The number of benzene rings is 3. The van der Waals surface area contributed by atoms with Gasteiger partial charge < -0.3 is 19.7 Å². The molecule has 0 saturated carbocycles. The highest BCUT2D eigenvalue weighted by Gasteiger charge is 2.20. The number of carbonyl (C=O) groups is 1. The first-order chi connectivity index (χ1) is 17.2. The first kappa shape index (κ1) is 27.1. The van der Waals surface area contributed by atoms with Gasteiger partial charge in [-0.1, -0.05) is 64.1 Å². The summed E-state index contributed by atoms with van der Waals surface area (Å²) >= 11 is 0. The first-order valence-corrected chi connectivity index (χ1v) is 12.4. The molecule has 0 unspecified atom stereocenters. The van der Waals surface area contributed by atoms with Crippen molar-refractivity contribution in [2.75, 3.05) is 26.1 Å². The lowest BCUT2D eigenvalue weighted by Gasteiger charge is -2.26. The Bertz CT molecular complexity index is 1130. The van der Waals surface area contributed by atoms with Crippen LogP contribution in [-0.2, 0) is 13.0 Å². The molecule has 3 rings (SSSR count). The molecule has 3 aromatic rings. The number of methoxy groups -OCH3 is 2. The quantitative estimate of drug-likeness (QED) is 0.321. The fraction of sp³-hybridized carbons (Fsp3) is 0.367. The van der Waals surface area contributed by atoms with E-state index in [2.05, 4.69) is 45.1 Å². The molecule has 0 aliphatic carbocycles. The highest BCUT2D eigenvalue weighted by atomic mass is 19.1. The third-order valence-corrected chi connectivity index (χ3v) is 6.30. The fourth-order valence-electron chi connectivity index (χ4n) is 4.24. The summed E-state index contributed by atoms with van der Waals surface area (Å²) < 4.78 is 24.3. The van der Waals surface area contributed by atoms with E-state index >= 15 is 0 Å². The van der Waals surface area contributed by atoms with E-state index in [-0.39, 0.29) is 23.7 Å². The maximum absolute atomic E-state index is 13.7. The number of anilines is 1. The molecule has 0 heterocycles. The minimum Gasteiger partial charge on any atom is -0.493 e. The van der Waals surface area contributed by atoms with E-state index in [1.807, 2.05) is 24.3 Å². The van der Waals surface area contributed by atoms with Crippen molar-refractivity contribution < 1.29 is 18.7 Å². The molecule has 0 bridgehead atoms. The summed E-state index contributed by atoms with van der Waals surface area (Å²) in [4.78, 5) is 15.4. The molecular formula is C30H37FN2O3. The van der Waals surface area contributed by atoms with E-state index < -0.39 is 0 Å². The number of hydrogen-bond donors (Lipinski definition) is 1. The van der Waals surface area contributed by atoms with Gasteiger partial charge in [-0.15, -0.1) is 0 Å². The Balaban J connectivity index is 1.88. The molecule has 3 aromatic carbocycles. The van der Waals surface area contributed by atoms with Gasteiger partial charge in [-0.3, -0.25) is 0 Å². The van der Waals surface area contributed by atoms with Gasteiger partial charge in [0.15, 0.2) is 11.5 Å². The number of amides is 2. The molecule has 0 aromatic heterocycles. The van der Waals surface area contributed by atoms with Crippen LogP contribution >= 0.6 is 0 Å². The lowest BCUT2D eigenvalue weighted by molar-refractivity contribution is 0.209. The number of rotatable bonds is 10. The zero-order valence-electron chi connectivity index (χ0n) is 22.1. The molecule has 0 aliphatic heterocycles. The molecule has 0 spiro atoms. The fourth-order valence-corrected chi connectivity index (χ4v) is 4.24. The minimum atomic E-state index is -0.299. The van der Waals surface area contributed by atoms with E-state index in [0.717, 1.165) is 27.9 Å². The molecule has 2 amide bonds. The number of urea groups is 1. The second kappa shape index (κ2) is 12.4. The van der Waals surface area contributed by atoms with Crippen LogP contribution in [0.3, 0.4) is 0 Å². The zero-order valence-corrected chi connectivity index (χ0v) is 22.1. The molecule has 0 atom stereocenters. The van der Waals surface area contributed by atoms with Crippen LogP contribution in [0.25, 0.3) is 0 Å². The number of nitrogens with one attached hydrogen (secondary N) is 1. The van der Waals surface area contributed by atoms with Crippen LogP contribution in [0.1, 0.15) is 61.8 Å². The lowest BCUT2D eigenvalue weighted by atomic mass is 9.93. The van der Waals surface area contributed by atoms with Crippen LogP contribution in [0, 0.1) is 5.82 Å². The summed E-state index contributed by atoms with van der Waals surface area (Å²) in [5.74, 6) is 1.53. The van der Waals surface area contributed by atoms with Gasteiger partial charge in [0.25, 0.3) is 0 Å². The van der Waals surface area contributed by atoms with Crippen LogP contribution in [0.4, 0.5) is 14.9 Å². The topological polar surface area (TPSA) is 50.8 Å². The predicted molar refractivity (Wildman–Crippen MR) is 144 cm³/mol. The molecule has 0 aliphatic rings. The third-order valence-electron chi connectivity index (χ3n) is 6.30. The van der Waals surface area contributed by atoms with Gasteiger partial charge in [-0.05, 0) is 64.8 Å². The van der Waals surface area contributed by atoms with Crippen molar-refractivity contribution in [3.05, 3.63) is 88.7 Å². The van der Waals surface area contributed by atoms with Crippen LogP contribution < -0.4 is 14.8 Å². The maximum Gasteiger partial charge on any atom is 0.322 e. The molecule has 1 N–H and O–H groups in total. The zero-order chi connectivity index (χ0) is 26.2. The van der Waals surface area contributed by atoms with E-state index in [9.17, 15) is 9.18 Å². The molecular weight excluding hydrogens is 455 g/mol. The van der Waals surface area contributed by atoms with Crippen LogP contribution in [0.15, 0.2) is 60.7 Å². The second-order valence-corrected chi connectivity index (χ2v) is 9.54. The molecule has 36 heavy (non-hydrogen) atoms. The Labute approximate surface area is 214 Å². The Morgan fingerprint density at radius 3 is 2.00 bits per heavy atom. The summed E-state index contributed by atoms with van der Waals surface area (Å²) in [6.45, 7) is 9.34. The highest BCUT2D eigenvalue weighted by Crippen LogP contribution is 2.33. The maximum atomic E-state index is 13.7. The van der Waals surface area contributed by atoms with Crippen molar-refractivity contribution in [3.63, 3.8) is 0 Å². The Kier molecular flexibility index (Phi) is 9.34. The number of carbonyl (C=O) groups excluding carboxylic acids is 1. The highest BCUT2D eigenvalue weighted by molar-refractivity contribution is 5.91. The van der Waals surface area contributed by atoms with Gasteiger partial charge in [0.2, 0.25) is 0 Å². The second-order valence-electron chi connectivity index (χ2n) is 9.54. The van der Waals surface area contributed by atoms with E-state index in [1.165, 1.54) is 12.1 Å². The average Bonchev–Trinajstić information content (AvgIpc) is 2.87. The summed E-state index contributed by atoms with van der Waals surface area (Å²) in [5.41, 5.74) is 4.98. The summed E-state index contributed by atoms with van der Waals surface area (Å²) in [7, 11) is 3.21. The van der Waals surface area contributed by atoms with Crippen molar-refractivity contribution in [3.8, 4) is 11.5 Å². The molecule has 0 fully saturated rings. The minimum absolute atomic E-state index is 0.185. The number of para-hydroxylation sites is 1.